The first-order chi connectivity index (χ1) is 30.0. The summed E-state index contributed by atoms with van der Waals surface area (Å²) < 4.78 is 16.7. The molecule has 0 rings (SSSR count). The van der Waals surface area contributed by atoms with Crippen molar-refractivity contribution in [1.82, 2.24) is 0 Å². The molecule has 0 aromatic heterocycles. The predicted molar refractivity (Wildman–Crippen MR) is 261 cm³/mol. The van der Waals surface area contributed by atoms with E-state index in [-0.39, 0.29) is 31.1 Å². The van der Waals surface area contributed by atoms with E-state index in [0.717, 1.165) is 103 Å². The lowest BCUT2D eigenvalue weighted by Gasteiger charge is -2.18. The Balaban J connectivity index is 4.41. The van der Waals surface area contributed by atoms with Gasteiger partial charge in [-0.05, 0) is 96.3 Å². The Morgan fingerprint density at radius 1 is 0.344 bits per heavy atom. The van der Waals surface area contributed by atoms with Crippen LogP contribution in [0.15, 0.2) is 60.8 Å². The monoisotopic (exact) mass is 853 g/mol. The zero-order valence-corrected chi connectivity index (χ0v) is 40.2. The average molecular weight is 853 g/mol. The van der Waals surface area contributed by atoms with Gasteiger partial charge < -0.3 is 14.2 Å². The van der Waals surface area contributed by atoms with Crippen LogP contribution in [0.5, 0.6) is 0 Å². The summed E-state index contributed by atoms with van der Waals surface area (Å²) in [6, 6.07) is 0. The molecule has 0 aromatic rings. The van der Waals surface area contributed by atoms with E-state index < -0.39 is 6.10 Å². The molecule has 0 N–H and O–H groups in total. The number of rotatable bonds is 46. The Kier molecular flexibility index (Phi) is 47.4. The van der Waals surface area contributed by atoms with Gasteiger partial charge in [0, 0.05) is 19.3 Å². The van der Waals surface area contributed by atoms with E-state index in [0.29, 0.717) is 19.3 Å². The Hall–Kier alpha value is -2.89. The Labute approximate surface area is 377 Å². The molecule has 0 amide bonds. The fourth-order valence-electron chi connectivity index (χ4n) is 7.03. The Morgan fingerprint density at radius 2 is 0.656 bits per heavy atom. The highest BCUT2D eigenvalue weighted by Crippen LogP contribution is 2.14. The van der Waals surface area contributed by atoms with Crippen molar-refractivity contribution in [2.75, 3.05) is 13.2 Å². The minimum Gasteiger partial charge on any atom is -0.462 e. The fourth-order valence-corrected chi connectivity index (χ4v) is 7.03. The van der Waals surface area contributed by atoms with E-state index in [1.807, 2.05) is 0 Å². The maximum absolute atomic E-state index is 12.8. The van der Waals surface area contributed by atoms with Crippen molar-refractivity contribution < 1.29 is 28.6 Å². The van der Waals surface area contributed by atoms with E-state index in [9.17, 15) is 14.4 Å². The van der Waals surface area contributed by atoms with Crippen LogP contribution in [0.25, 0.3) is 0 Å². The number of esters is 3. The molecule has 1 atom stereocenters. The van der Waals surface area contributed by atoms with Crippen LogP contribution in [0.3, 0.4) is 0 Å². The molecule has 0 heterocycles. The normalized spacial score (nSPS) is 12.5. The van der Waals surface area contributed by atoms with Gasteiger partial charge in [-0.3, -0.25) is 14.4 Å². The summed E-state index contributed by atoms with van der Waals surface area (Å²) in [6.45, 7) is 6.53. The van der Waals surface area contributed by atoms with Gasteiger partial charge >= 0.3 is 17.9 Å². The largest absolute Gasteiger partial charge is 0.462 e. The van der Waals surface area contributed by atoms with Crippen LogP contribution >= 0.6 is 0 Å². The van der Waals surface area contributed by atoms with Crippen molar-refractivity contribution in [2.24, 2.45) is 0 Å². The lowest BCUT2D eigenvalue weighted by molar-refractivity contribution is -0.167. The fraction of sp³-hybridized carbons (Fsp3) is 0.764. The van der Waals surface area contributed by atoms with Crippen LogP contribution in [0.2, 0.25) is 0 Å². The second-order valence-corrected chi connectivity index (χ2v) is 17.1. The number of ether oxygens (including phenoxy) is 3. The van der Waals surface area contributed by atoms with Crippen molar-refractivity contribution in [3.63, 3.8) is 0 Å². The van der Waals surface area contributed by atoms with Crippen molar-refractivity contribution in [1.29, 1.82) is 0 Å². The van der Waals surface area contributed by atoms with Gasteiger partial charge in [-0.2, -0.15) is 0 Å². The van der Waals surface area contributed by atoms with E-state index in [4.69, 9.17) is 14.2 Å². The Bertz CT molecular complexity index is 1120. The summed E-state index contributed by atoms with van der Waals surface area (Å²) in [4.78, 5) is 37.9. The molecule has 0 aliphatic rings. The summed E-state index contributed by atoms with van der Waals surface area (Å²) in [5, 5.41) is 0. The lowest BCUT2D eigenvalue weighted by atomic mass is 10.1. The van der Waals surface area contributed by atoms with E-state index in [2.05, 4.69) is 81.5 Å². The second kappa shape index (κ2) is 49.8. The number of carbonyl (C=O) groups is 3. The van der Waals surface area contributed by atoms with Gasteiger partial charge in [0.05, 0.1) is 0 Å². The predicted octanol–water partition coefficient (Wildman–Crippen LogP) is 16.9. The first-order valence-corrected chi connectivity index (χ1v) is 25.8. The lowest BCUT2D eigenvalue weighted by Crippen LogP contribution is -2.30. The highest BCUT2D eigenvalue weighted by molar-refractivity contribution is 5.71. The minimum absolute atomic E-state index is 0.0927. The number of unbranched alkanes of at least 4 members (excludes halogenated alkanes) is 26. The minimum atomic E-state index is -0.794. The van der Waals surface area contributed by atoms with E-state index in [1.54, 1.807) is 0 Å². The van der Waals surface area contributed by atoms with Crippen molar-refractivity contribution in [2.45, 2.75) is 258 Å². The first kappa shape index (κ1) is 58.1. The Morgan fingerprint density at radius 3 is 1.11 bits per heavy atom. The molecule has 1 unspecified atom stereocenters. The molecule has 0 bridgehead atoms. The molecule has 0 saturated heterocycles. The molecule has 0 radical (unpaired) electrons. The third-order valence-electron chi connectivity index (χ3n) is 11.0. The summed E-state index contributed by atoms with van der Waals surface area (Å²) in [6.07, 6.45) is 60.6. The van der Waals surface area contributed by atoms with Crippen molar-refractivity contribution in [3.8, 4) is 0 Å². The zero-order chi connectivity index (χ0) is 44.4. The summed E-state index contributed by atoms with van der Waals surface area (Å²) in [5.74, 6) is -0.938. The van der Waals surface area contributed by atoms with E-state index >= 15 is 0 Å². The molecule has 61 heavy (non-hydrogen) atoms. The topological polar surface area (TPSA) is 78.9 Å². The molecule has 6 nitrogen and oxygen atoms in total. The van der Waals surface area contributed by atoms with Crippen molar-refractivity contribution in [3.05, 3.63) is 60.8 Å². The van der Waals surface area contributed by atoms with Crippen LogP contribution in [-0.4, -0.2) is 37.2 Å². The van der Waals surface area contributed by atoms with Gasteiger partial charge in [-0.25, -0.2) is 0 Å². The third-order valence-corrected chi connectivity index (χ3v) is 11.0. The molecular weight excluding hydrogens is 757 g/mol. The second-order valence-electron chi connectivity index (χ2n) is 17.1. The van der Waals surface area contributed by atoms with Crippen LogP contribution < -0.4 is 0 Å². The standard InChI is InChI=1S/C55H96O6/c1-4-7-10-13-16-19-22-24-26-28-30-31-33-36-39-42-45-48-54(57)60-51-52(50-59-53(56)47-44-41-38-35-21-18-15-12-9-6-3)61-55(58)49-46-43-40-37-34-32-29-27-25-23-20-17-14-11-8-5-2/h15-16,18-19,24,26-27,29,32,34,52H,4-14,17,20-23,25,28,30-31,33,35-51H2,1-3H3/b18-15-,19-16-,26-24-,29-27-,34-32-. The zero-order valence-electron chi connectivity index (χ0n) is 40.2. The van der Waals surface area contributed by atoms with Crippen LogP contribution in [0.1, 0.15) is 252 Å². The number of carbonyl (C=O) groups excluding carboxylic acids is 3. The van der Waals surface area contributed by atoms with Crippen LogP contribution in [0.4, 0.5) is 0 Å². The molecular formula is C55H96O6. The first-order valence-electron chi connectivity index (χ1n) is 25.8. The molecule has 352 valence electrons. The highest BCUT2D eigenvalue weighted by Gasteiger charge is 2.19. The summed E-state index contributed by atoms with van der Waals surface area (Å²) >= 11 is 0. The van der Waals surface area contributed by atoms with Gasteiger partial charge in [-0.1, -0.05) is 197 Å². The van der Waals surface area contributed by atoms with Crippen molar-refractivity contribution >= 4 is 17.9 Å². The van der Waals surface area contributed by atoms with Gasteiger partial charge in [0.1, 0.15) is 13.2 Å². The van der Waals surface area contributed by atoms with Gasteiger partial charge in [0.25, 0.3) is 0 Å². The molecule has 0 aliphatic heterocycles. The summed E-state index contributed by atoms with van der Waals surface area (Å²) in [7, 11) is 0. The molecule has 0 saturated carbocycles. The number of allylic oxidation sites excluding steroid dienone is 10. The van der Waals surface area contributed by atoms with Gasteiger partial charge in [-0.15, -0.1) is 0 Å². The van der Waals surface area contributed by atoms with Crippen LogP contribution in [-0.2, 0) is 28.6 Å². The van der Waals surface area contributed by atoms with Gasteiger partial charge in [0.2, 0.25) is 0 Å². The van der Waals surface area contributed by atoms with Gasteiger partial charge in [0.15, 0.2) is 6.10 Å². The maximum atomic E-state index is 12.8. The average Bonchev–Trinajstić information content (AvgIpc) is 3.26. The maximum Gasteiger partial charge on any atom is 0.306 e. The molecule has 0 spiro atoms. The molecule has 6 heteroatoms. The SMILES string of the molecule is CCCC/C=C\CCCCCCC(=O)OCC(COC(=O)CCCCCCCCC/C=C\C/C=C\CCCCC)OC(=O)CCCCC/C=C\C=C/CCCCCCCCC. The summed E-state index contributed by atoms with van der Waals surface area (Å²) in [5.41, 5.74) is 0. The van der Waals surface area contributed by atoms with Crippen LogP contribution in [0, 0.1) is 0 Å². The van der Waals surface area contributed by atoms with E-state index in [1.165, 1.54) is 109 Å². The third kappa shape index (κ3) is 48.0. The smallest absolute Gasteiger partial charge is 0.306 e. The highest BCUT2D eigenvalue weighted by atomic mass is 16.6. The number of hydrogen-bond acceptors (Lipinski definition) is 6. The quantitative estimate of drug-likeness (QED) is 0.0200. The molecule has 0 aromatic carbocycles. The number of hydrogen-bond donors (Lipinski definition) is 0. The molecule has 0 fully saturated rings. The molecule has 0 aliphatic carbocycles.